The Morgan fingerprint density at radius 2 is 0.930 bits per heavy atom. The van der Waals surface area contributed by atoms with Crippen molar-refractivity contribution in [2.45, 2.75) is 139 Å². The maximum Gasteiger partial charge on any atom is 2.00 e. The minimum atomic E-state index is -4.71. The van der Waals surface area contributed by atoms with Crippen molar-refractivity contribution in [3.05, 3.63) is 96.1 Å². The van der Waals surface area contributed by atoms with Gasteiger partial charge in [-0.2, -0.15) is 8.42 Å². The van der Waals surface area contributed by atoms with Crippen LogP contribution >= 0.6 is 0 Å². The second-order valence-electron chi connectivity index (χ2n) is 14.0. The average molecular weight is 851 g/mol. The van der Waals surface area contributed by atoms with E-state index >= 15 is 0 Å². The molecule has 0 atom stereocenters. The van der Waals surface area contributed by atoms with Crippen molar-refractivity contribution >= 4 is 58.0 Å². The van der Waals surface area contributed by atoms with Crippen LogP contribution in [0, 0.1) is 0 Å². The van der Waals surface area contributed by atoms with Crippen molar-refractivity contribution in [2.24, 2.45) is 0 Å². The van der Waals surface area contributed by atoms with Gasteiger partial charge in [0.25, 0.3) is 10.1 Å². The molecule has 0 aromatic heterocycles. The largest absolute Gasteiger partial charge is 2.00 e. The topological polar surface area (TPSA) is 173 Å². The Morgan fingerprint density at radius 1 is 0.526 bits per heavy atom. The first-order valence-electron chi connectivity index (χ1n) is 19.9. The Kier molecular flexibility index (Phi) is 23.8. The van der Waals surface area contributed by atoms with E-state index in [1.165, 1.54) is 94.5 Å². The smallest absolute Gasteiger partial charge is 0.870 e. The van der Waals surface area contributed by atoms with E-state index in [-0.39, 0.29) is 77.1 Å². The molecular weight excluding hydrogens is 793 g/mol. The molecule has 2 N–H and O–H groups in total. The quantitative estimate of drug-likeness (QED) is 0.0392. The van der Waals surface area contributed by atoms with Crippen LogP contribution in [0.4, 0.5) is 0 Å². The van der Waals surface area contributed by atoms with Crippen LogP contribution < -0.4 is 14.6 Å². The molecule has 57 heavy (non-hydrogen) atoms. The zero-order chi connectivity index (χ0) is 40.8. The summed E-state index contributed by atoms with van der Waals surface area (Å²) in [7, 11) is -9.16. The standard InChI is InChI=1S/2C22H30O5S.Ca/c2*1-2-3-4-5-6-7-8-9-13-18-14-12-17-21(28(24,25)26)22(18)27-20-16-11-10-15-19(20)23;/h2*10-12,14-17,23H,2-9,13H2,1H3,(H,24,25,26);/q;;+2/p-2. The van der Waals surface area contributed by atoms with Crippen molar-refractivity contribution < 1.29 is 45.6 Å². The van der Waals surface area contributed by atoms with Gasteiger partial charge in [0, 0.05) is 0 Å². The van der Waals surface area contributed by atoms with Crippen LogP contribution in [-0.2, 0) is 33.1 Å². The number of hydrogen-bond acceptors (Lipinski definition) is 9. The zero-order valence-electron chi connectivity index (χ0n) is 33.5. The van der Waals surface area contributed by atoms with Gasteiger partial charge in [0.05, 0.1) is 4.90 Å². The number of hydrogen-bond donors (Lipinski definition) is 2. The van der Waals surface area contributed by atoms with Gasteiger partial charge in [0.2, 0.25) is 0 Å². The van der Waals surface area contributed by atoms with Crippen LogP contribution in [0.2, 0.25) is 0 Å². The van der Waals surface area contributed by atoms with E-state index < -0.39 is 25.1 Å². The summed E-state index contributed by atoms with van der Waals surface area (Å²) in [5.41, 5.74) is 1.33. The molecule has 0 saturated heterocycles. The summed E-state index contributed by atoms with van der Waals surface area (Å²) in [6.45, 7) is 4.40. The molecule has 0 spiro atoms. The molecule has 4 aromatic carbocycles. The molecule has 13 heteroatoms. The zero-order valence-corrected chi connectivity index (χ0v) is 37.3. The molecule has 0 aliphatic heterocycles. The maximum atomic E-state index is 12.0. The molecule has 0 bridgehead atoms. The fourth-order valence-electron chi connectivity index (χ4n) is 6.34. The molecule has 308 valence electrons. The Balaban J connectivity index is 0.000000387. The molecule has 0 saturated carbocycles. The number of benzene rings is 4. The Hall–Kier alpha value is -2.84. The van der Waals surface area contributed by atoms with Gasteiger partial charge in [-0.15, -0.1) is 0 Å². The summed E-state index contributed by atoms with van der Waals surface area (Å²) in [6.07, 6.45) is 19.9. The fraction of sp³-hybridized carbons (Fsp3) is 0.455. The number of aromatic hydroxyl groups is 1. The van der Waals surface area contributed by atoms with Gasteiger partial charge < -0.3 is 24.2 Å². The number of unbranched alkanes of at least 4 members (excludes halogenated alkanes) is 14. The molecular formula is C44H58CaO10S2. The van der Waals surface area contributed by atoms with Gasteiger partial charge in [-0.1, -0.05) is 164 Å². The predicted molar refractivity (Wildman–Crippen MR) is 223 cm³/mol. The minimum Gasteiger partial charge on any atom is -0.870 e. The summed E-state index contributed by atoms with van der Waals surface area (Å²) >= 11 is 0. The molecule has 0 radical (unpaired) electrons. The van der Waals surface area contributed by atoms with Crippen molar-refractivity contribution in [3.8, 4) is 34.5 Å². The average Bonchev–Trinajstić information content (AvgIpc) is 3.16. The summed E-state index contributed by atoms with van der Waals surface area (Å²) in [5.74, 6) is -0.242. The first-order valence-corrected chi connectivity index (χ1v) is 22.8. The van der Waals surface area contributed by atoms with E-state index in [9.17, 15) is 36.2 Å². The third-order valence-corrected chi connectivity index (χ3v) is 11.1. The van der Waals surface area contributed by atoms with Gasteiger partial charge in [0.1, 0.15) is 26.5 Å². The van der Waals surface area contributed by atoms with Crippen molar-refractivity contribution in [1.29, 1.82) is 0 Å². The van der Waals surface area contributed by atoms with E-state index in [0.717, 1.165) is 38.5 Å². The molecule has 0 fully saturated rings. The number of phenolic OH excluding ortho intramolecular Hbond substituents is 1. The van der Waals surface area contributed by atoms with Gasteiger partial charge in [-0.25, -0.2) is 8.42 Å². The molecule has 0 aliphatic carbocycles. The Bertz CT molecular complexity index is 1840. The first kappa shape index (κ1) is 50.3. The number of aryl methyl sites for hydroxylation is 2. The van der Waals surface area contributed by atoms with Crippen molar-refractivity contribution in [2.75, 3.05) is 0 Å². The molecule has 0 aliphatic rings. The van der Waals surface area contributed by atoms with Crippen LogP contribution in [-0.4, -0.2) is 68.8 Å². The second kappa shape index (κ2) is 27.0. The van der Waals surface area contributed by atoms with Crippen LogP contribution in [0.1, 0.15) is 128 Å². The van der Waals surface area contributed by atoms with Crippen molar-refractivity contribution in [1.82, 2.24) is 0 Å². The van der Waals surface area contributed by atoms with Gasteiger partial charge >= 0.3 is 37.7 Å². The first-order chi connectivity index (χ1) is 26.9. The Labute approximate surface area is 370 Å². The van der Waals surface area contributed by atoms with E-state index in [1.807, 2.05) is 0 Å². The van der Waals surface area contributed by atoms with Crippen molar-refractivity contribution in [3.63, 3.8) is 0 Å². The van der Waals surface area contributed by atoms with E-state index in [1.54, 1.807) is 54.6 Å². The molecule has 0 heterocycles. The number of phenols is 1. The minimum absolute atomic E-state index is 0. The molecule has 0 unspecified atom stereocenters. The fourth-order valence-corrected chi connectivity index (χ4v) is 7.65. The Morgan fingerprint density at radius 3 is 1.39 bits per heavy atom. The molecule has 4 aromatic rings. The summed E-state index contributed by atoms with van der Waals surface area (Å²) in [6, 6.07) is 21.6. The van der Waals surface area contributed by atoms with E-state index in [4.69, 9.17) is 9.47 Å². The van der Waals surface area contributed by atoms with Gasteiger partial charge in [-0.3, -0.25) is 4.55 Å². The van der Waals surface area contributed by atoms with Gasteiger partial charge in [0.15, 0.2) is 17.2 Å². The van der Waals surface area contributed by atoms with Crippen LogP contribution in [0.3, 0.4) is 0 Å². The maximum absolute atomic E-state index is 12.0. The number of ether oxygens (including phenoxy) is 2. The second-order valence-corrected chi connectivity index (χ2v) is 16.7. The third kappa shape index (κ3) is 18.3. The predicted octanol–water partition coefficient (Wildman–Crippen LogP) is 10.9. The SMILES string of the molecule is CCCCCCCCCCc1cccc(S(=O)(=O)O)c1Oc1ccccc1O.CCCCCCCCCCc1cccc(S(=O)(=O)[O-])c1Oc1ccccc1[O-].[Ca+2]. The number of rotatable bonds is 24. The number of para-hydroxylation sites is 6. The van der Waals surface area contributed by atoms with E-state index in [2.05, 4.69) is 13.8 Å². The van der Waals surface area contributed by atoms with Crippen LogP contribution in [0.15, 0.2) is 94.7 Å². The normalized spacial score (nSPS) is 11.3. The van der Waals surface area contributed by atoms with E-state index in [0.29, 0.717) is 24.0 Å². The monoisotopic (exact) mass is 850 g/mol. The summed E-state index contributed by atoms with van der Waals surface area (Å²) < 4.78 is 79.5. The molecule has 4 rings (SSSR count). The van der Waals surface area contributed by atoms with Crippen LogP contribution in [0.5, 0.6) is 34.5 Å². The van der Waals surface area contributed by atoms with Gasteiger partial charge in [-0.05, 0) is 67.1 Å². The molecule has 10 nitrogen and oxygen atoms in total. The molecule has 0 amide bonds. The summed E-state index contributed by atoms with van der Waals surface area (Å²) in [4.78, 5) is -0.708. The summed E-state index contributed by atoms with van der Waals surface area (Å²) in [5, 5.41) is 21.9. The third-order valence-electron chi connectivity index (χ3n) is 9.41. The van der Waals surface area contributed by atoms with Crippen LogP contribution in [0.25, 0.3) is 0 Å².